The molecule has 2 radical (unpaired) electrons. The van der Waals surface area contributed by atoms with E-state index < -0.39 is 92.3 Å². The lowest BCUT2D eigenvalue weighted by molar-refractivity contribution is -0.556. The van der Waals surface area contributed by atoms with Crippen molar-refractivity contribution in [3.63, 3.8) is 0 Å². The zero-order valence-corrected chi connectivity index (χ0v) is 29.3. The zero-order chi connectivity index (χ0) is 38.8. The quantitative estimate of drug-likeness (QED) is 0.0656. The molecule has 7 atom stereocenters. The third-order valence-corrected chi connectivity index (χ3v) is 11.0. The van der Waals surface area contributed by atoms with Crippen molar-refractivity contribution in [2.24, 2.45) is 0 Å². The van der Waals surface area contributed by atoms with Crippen LogP contribution >= 0.6 is 0 Å². The van der Waals surface area contributed by atoms with Crippen LogP contribution in [0.2, 0.25) is 0 Å². The van der Waals surface area contributed by atoms with Crippen molar-refractivity contribution in [3.8, 4) is 0 Å². The summed E-state index contributed by atoms with van der Waals surface area (Å²) in [5, 5.41) is 80.8. The van der Waals surface area contributed by atoms with Gasteiger partial charge in [0.05, 0.1) is 0 Å². The van der Waals surface area contributed by atoms with Crippen molar-refractivity contribution in [2.75, 3.05) is 0 Å². The van der Waals surface area contributed by atoms with Gasteiger partial charge in [0.15, 0.2) is 5.50 Å². The van der Waals surface area contributed by atoms with Crippen molar-refractivity contribution in [1.29, 1.82) is 0 Å². The Morgan fingerprint density at radius 1 is 0.596 bits per heavy atom. The Hall–Kier alpha value is -1.76. The molecule has 7 unspecified atom stereocenters. The molecule has 7 aliphatic heterocycles. The maximum Gasteiger partial charge on any atom is 0.376 e. The molecule has 7 saturated heterocycles. The van der Waals surface area contributed by atoms with Gasteiger partial charge in [0.1, 0.15) is 20.1 Å². The van der Waals surface area contributed by atoms with Crippen molar-refractivity contribution in [3.05, 3.63) is 0 Å². The molecule has 23 nitrogen and oxygen atoms in total. The lowest BCUT2D eigenvalue weighted by atomic mass is 9.64. The lowest BCUT2D eigenvalue weighted by Crippen LogP contribution is -2.76. The SMILES string of the molecule is [B]C1(C(O)(O)C(=O)OC2CC(C)(C)N(O)C(C)(C)C2)OOC23OOC45OOC(O)(C(=O)OC6CC(C)(C)N(O)C(C)(C)C6)C4(O)OOC52OOC13O. The molecular weight excluding hydrogens is 711 g/mol. The summed E-state index contributed by atoms with van der Waals surface area (Å²) >= 11 is 0. The molecule has 7 N–H and O–H groups in total. The molecule has 52 heavy (non-hydrogen) atoms. The van der Waals surface area contributed by atoms with Crippen molar-refractivity contribution >= 4 is 19.8 Å². The largest absolute Gasteiger partial charge is 0.458 e. The maximum absolute atomic E-state index is 13.5. The van der Waals surface area contributed by atoms with E-state index in [1.54, 1.807) is 55.4 Å². The number of nitrogens with zero attached hydrogens (tertiary/aromatic N) is 2. The third-order valence-electron chi connectivity index (χ3n) is 11.0. The van der Waals surface area contributed by atoms with Gasteiger partial charge in [-0.05, 0) is 55.4 Å². The van der Waals surface area contributed by atoms with Crippen LogP contribution in [0.5, 0.6) is 0 Å². The van der Waals surface area contributed by atoms with Crippen LogP contribution in [0.15, 0.2) is 0 Å². The van der Waals surface area contributed by atoms with E-state index in [0.29, 0.717) is 0 Å². The van der Waals surface area contributed by atoms with Crippen LogP contribution in [0.25, 0.3) is 0 Å². The first-order valence-electron chi connectivity index (χ1n) is 16.2. The molecule has 7 heterocycles. The Morgan fingerprint density at radius 3 is 1.44 bits per heavy atom. The maximum atomic E-state index is 13.5. The topological polar surface area (TPSA) is 293 Å². The summed E-state index contributed by atoms with van der Waals surface area (Å²) in [6, 6.07) is 0. The fourth-order valence-corrected chi connectivity index (χ4v) is 8.38. The lowest BCUT2D eigenvalue weighted by Gasteiger charge is -2.51. The van der Waals surface area contributed by atoms with Crippen LogP contribution in [-0.4, -0.2) is 146 Å². The second kappa shape index (κ2) is 10.5. The Balaban J connectivity index is 1.15. The summed E-state index contributed by atoms with van der Waals surface area (Å²) in [5.41, 5.74) is -7.53. The number of hydroxylamine groups is 4. The van der Waals surface area contributed by atoms with Gasteiger partial charge in [-0.25, -0.2) is 14.5 Å². The van der Waals surface area contributed by atoms with Crippen LogP contribution in [-0.2, 0) is 67.9 Å². The molecule has 0 amide bonds. The Morgan fingerprint density at radius 2 is 0.962 bits per heavy atom. The van der Waals surface area contributed by atoms with Crippen LogP contribution in [0, 0.1) is 0 Å². The van der Waals surface area contributed by atoms with Gasteiger partial charge >= 0.3 is 40.9 Å². The van der Waals surface area contributed by atoms with Gasteiger partial charge in [-0.1, -0.05) is 0 Å². The molecule has 7 fully saturated rings. The minimum absolute atomic E-state index is 0.0112. The summed E-state index contributed by atoms with van der Waals surface area (Å²) in [6.45, 7) is 13.2. The first-order valence-corrected chi connectivity index (χ1v) is 16.2. The molecular formula is C28H41BN2O21. The van der Waals surface area contributed by atoms with Crippen LogP contribution in [0.1, 0.15) is 81.1 Å². The minimum atomic E-state index is -4.12. The number of hydrogen-bond acceptors (Lipinski definition) is 23. The number of esters is 2. The van der Waals surface area contributed by atoms with Gasteiger partial charge in [-0.2, -0.15) is 54.1 Å². The van der Waals surface area contributed by atoms with E-state index >= 15 is 0 Å². The van der Waals surface area contributed by atoms with Crippen molar-refractivity contribution < 1.29 is 104 Å². The van der Waals surface area contributed by atoms with E-state index in [1.165, 1.54) is 0 Å². The molecule has 0 aliphatic carbocycles. The smallest absolute Gasteiger partial charge is 0.376 e. The number of piperidine rings is 2. The van der Waals surface area contributed by atoms with Crippen LogP contribution in [0.3, 0.4) is 0 Å². The van der Waals surface area contributed by atoms with Gasteiger partial charge in [0, 0.05) is 47.8 Å². The fourth-order valence-electron chi connectivity index (χ4n) is 8.38. The minimum Gasteiger partial charge on any atom is -0.458 e. The van der Waals surface area contributed by atoms with Crippen LogP contribution < -0.4 is 0 Å². The Labute approximate surface area is 295 Å². The number of aliphatic hydroxyl groups is 5. The highest BCUT2D eigenvalue weighted by atomic mass is 17.5. The van der Waals surface area contributed by atoms with Crippen LogP contribution in [0.4, 0.5) is 0 Å². The Kier molecular flexibility index (Phi) is 7.81. The van der Waals surface area contributed by atoms with Gasteiger partial charge in [0.25, 0.3) is 11.6 Å². The van der Waals surface area contributed by atoms with E-state index in [1.807, 2.05) is 0 Å². The second-order valence-corrected chi connectivity index (χ2v) is 16.8. The molecule has 0 saturated carbocycles. The van der Waals surface area contributed by atoms with Gasteiger partial charge < -0.3 is 45.4 Å². The molecule has 0 aromatic rings. The van der Waals surface area contributed by atoms with E-state index in [9.17, 15) is 45.5 Å². The normalized spacial score (nSPS) is 46.8. The molecule has 3 spiro atoms. The first-order chi connectivity index (χ1) is 23.5. The highest BCUT2D eigenvalue weighted by molar-refractivity contribution is 6.18. The highest BCUT2D eigenvalue weighted by Gasteiger charge is 3.08. The summed E-state index contributed by atoms with van der Waals surface area (Å²) in [6.07, 6.45) is -2.04. The monoisotopic (exact) mass is 752 g/mol. The van der Waals surface area contributed by atoms with E-state index in [-0.39, 0.29) is 25.7 Å². The second-order valence-electron chi connectivity index (χ2n) is 16.8. The van der Waals surface area contributed by atoms with E-state index in [2.05, 4.69) is 0 Å². The molecule has 0 aromatic heterocycles. The molecule has 7 aliphatic rings. The first kappa shape index (κ1) is 38.5. The number of rotatable bonds is 5. The molecule has 24 heteroatoms. The third kappa shape index (κ3) is 4.19. The summed E-state index contributed by atoms with van der Waals surface area (Å²) in [7, 11) is 6.09. The molecule has 0 bridgehead atoms. The summed E-state index contributed by atoms with van der Waals surface area (Å²) in [4.78, 5) is 77.0. The molecule has 292 valence electrons. The van der Waals surface area contributed by atoms with Gasteiger partial charge in [0.2, 0.25) is 0 Å². The highest BCUT2D eigenvalue weighted by Crippen LogP contribution is 2.73. The summed E-state index contributed by atoms with van der Waals surface area (Å²) < 4.78 is 10.8. The van der Waals surface area contributed by atoms with E-state index in [0.717, 1.165) is 10.1 Å². The summed E-state index contributed by atoms with van der Waals surface area (Å²) in [5.74, 6) is -29.3. The number of ether oxygens (including phenoxy) is 2. The number of carbonyl (C=O) groups excluding carboxylic acids is 2. The number of hydrogen-bond donors (Lipinski definition) is 7. The van der Waals surface area contributed by atoms with Crippen molar-refractivity contribution in [1.82, 2.24) is 10.1 Å². The Bertz CT molecular complexity index is 1530. The average molecular weight is 752 g/mol. The fraction of sp³-hybridized carbons (Fsp3) is 0.929. The zero-order valence-electron chi connectivity index (χ0n) is 29.3. The predicted octanol–water partition coefficient (Wildman–Crippen LogP) is -2.60. The predicted molar refractivity (Wildman–Crippen MR) is 151 cm³/mol. The molecule has 0 aromatic carbocycles. The van der Waals surface area contributed by atoms with Gasteiger partial charge in [-0.3, -0.25) is 0 Å². The van der Waals surface area contributed by atoms with Gasteiger partial charge in [-0.15, -0.1) is 0 Å². The van der Waals surface area contributed by atoms with E-state index in [4.69, 9.17) is 66.2 Å². The standard InChI is InChI=1S/C28H41BN2O21/c1-17(2)9-13(10-18(3,4)30(17)39)41-15(32)21(34,35)23(29)25(38)27(48-44-23)28(52-46-25)26(49-50-27)24(37,45-51-28)22(36,43-47-26)16(33)42-14-11-19(5,6)31(40)20(7,8)12-14/h13-14,34-40H,9-12H2,1-8H3. The number of carbonyl (C=O) groups is 2. The molecule has 7 rings (SSSR count). The average Bonchev–Trinajstić information content (AvgIpc) is 3.69. The van der Waals surface area contributed by atoms with Crippen molar-refractivity contribution in [2.45, 2.75) is 161 Å².